The predicted octanol–water partition coefficient (Wildman–Crippen LogP) is 3.14. The van der Waals surface area contributed by atoms with Gasteiger partial charge in [0.1, 0.15) is 0 Å². The van der Waals surface area contributed by atoms with E-state index in [2.05, 4.69) is 15.9 Å². The van der Waals surface area contributed by atoms with Gasteiger partial charge in [-0.2, -0.15) is 0 Å². The zero-order valence-corrected chi connectivity index (χ0v) is 10.2. The molecule has 0 bridgehead atoms. The van der Waals surface area contributed by atoms with Gasteiger partial charge in [0.2, 0.25) is 5.75 Å². The Morgan fingerprint density at radius 2 is 2.31 bits per heavy atom. The van der Waals surface area contributed by atoms with Crippen molar-refractivity contribution in [1.82, 2.24) is 0 Å². The highest BCUT2D eigenvalue weighted by Gasteiger charge is 2.19. The Bertz CT molecular complexity index is 386. The van der Waals surface area contributed by atoms with E-state index < -0.39 is 10.7 Å². The molecular formula is C10H11BrFNO3. The first-order valence-corrected chi connectivity index (χ1v) is 5.80. The second-order valence-electron chi connectivity index (χ2n) is 3.42. The van der Waals surface area contributed by atoms with Gasteiger partial charge in [-0.25, -0.2) is 4.39 Å². The Kier molecular flexibility index (Phi) is 4.67. The molecule has 0 aliphatic rings. The summed E-state index contributed by atoms with van der Waals surface area (Å²) in [6.07, 6.45) is 0. The van der Waals surface area contributed by atoms with Crippen LogP contribution in [0, 0.1) is 21.8 Å². The van der Waals surface area contributed by atoms with Crippen molar-refractivity contribution in [3.63, 3.8) is 0 Å². The highest BCUT2D eigenvalue weighted by molar-refractivity contribution is 9.09. The molecule has 6 heteroatoms. The quantitative estimate of drug-likeness (QED) is 0.476. The second kappa shape index (κ2) is 5.79. The molecule has 0 saturated heterocycles. The molecule has 0 N–H and O–H groups in total. The van der Waals surface area contributed by atoms with Crippen molar-refractivity contribution >= 4 is 21.6 Å². The largest absolute Gasteiger partial charge is 0.484 e. The summed E-state index contributed by atoms with van der Waals surface area (Å²) in [7, 11) is 0. The number of alkyl halides is 1. The molecule has 0 radical (unpaired) electrons. The molecular weight excluding hydrogens is 281 g/mol. The molecule has 1 unspecified atom stereocenters. The highest BCUT2D eigenvalue weighted by atomic mass is 79.9. The van der Waals surface area contributed by atoms with E-state index in [9.17, 15) is 14.5 Å². The molecule has 0 fully saturated rings. The van der Waals surface area contributed by atoms with E-state index in [4.69, 9.17) is 4.74 Å². The maximum atomic E-state index is 13.3. The van der Waals surface area contributed by atoms with Gasteiger partial charge >= 0.3 is 5.69 Å². The topological polar surface area (TPSA) is 52.4 Å². The van der Waals surface area contributed by atoms with Gasteiger partial charge < -0.3 is 4.74 Å². The molecule has 88 valence electrons. The van der Waals surface area contributed by atoms with Crippen LogP contribution in [0.3, 0.4) is 0 Å². The van der Waals surface area contributed by atoms with E-state index in [1.54, 1.807) is 0 Å². The van der Waals surface area contributed by atoms with Crippen LogP contribution in [0.15, 0.2) is 18.2 Å². The van der Waals surface area contributed by atoms with Crippen molar-refractivity contribution in [1.29, 1.82) is 0 Å². The first-order valence-electron chi connectivity index (χ1n) is 4.68. The Labute approximate surface area is 101 Å². The lowest BCUT2D eigenvalue weighted by atomic mass is 10.2. The third kappa shape index (κ3) is 3.16. The van der Waals surface area contributed by atoms with Gasteiger partial charge in [-0.05, 0) is 12.0 Å². The fraction of sp³-hybridized carbons (Fsp3) is 0.400. The SMILES string of the molecule is CC(CBr)COc1c(F)cccc1[N+](=O)[O-]. The van der Waals surface area contributed by atoms with E-state index in [-0.39, 0.29) is 24.0 Å². The van der Waals surface area contributed by atoms with Gasteiger partial charge in [-0.1, -0.05) is 28.9 Å². The van der Waals surface area contributed by atoms with Crippen molar-refractivity contribution in [2.24, 2.45) is 5.92 Å². The molecule has 0 spiro atoms. The minimum Gasteiger partial charge on any atom is -0.484 e. The summed E-state index contributed by atoms with van der Waals surface area (Å²) in [6.45, 7) is 2.12. The second-order valence-corrected chi connectivity index (χ2v) is 4.06. The normalized spacial score (nSPS) is 12.2. The van der Waals surface area contributed by atoms with Crippen LogP contribution in [-0.2, 0) is 0 Å². The highest BCUT2D eigenvalue weighted by Crippen LogP contribution is 2.29. The van der Waals surface area contributed by atoms with Crippen LogP contribution in [-0.4, -0.2) is 16.9 Å². The lowest BCUT2D eigenvalue weighted by molar-refractivity contribution is -0.386. The Hall–Kier alpha value is -1.17. The molecule has 0 aliphatic carbocycles. The number of hydrogen-bond acceptors (Lipinski definition) is 3. The van der Waals surface area contributed by atoms with E-state index in [0.29, 0.717) is 5.33 Å². The third-order valence-corrected chi connectivity index (χ3v) is 3.02. The van der Waals surface area contributed by atoms with E-state index in [0.717, 1.165) is 6.07 Å². The van der Waals surface area contributed by atoms with Crippen LogP contribution in [0.2, 0.25) is 0 Å². The number of ether oxygens (including phenoxy) is 1. The van der Waals surface area contributed by atoms with Gasteiger partial charge in [-0.3, -0.25) is 10.1 Å². The molecule has 1 rings (SSSR count). The monoisotopic (exact) mass is 291 g/mol. The molecule has 1 atom stereocenters. The van der Waals surface area contributed by atoms with Crippen LogP contribution in [0.1, 0.15) is 6.92 Å². The summed E-state index contributed by atoms with van der Waals surface area (Å²) in [4.78, 5) is 9.98. The number of nitro benzene ring substituents is 1. The van der Waals surface area contributed by atoms with Gasteiger partial charge in [0.05, 0.1) is 11.5 Å². The third-order valence-electron chi connectivity index (χ3n) is 1.92. The standard InChI is InChI=1S/C10H11BrFNO3/c1-7(5-11)6-16-10-8(12)3-2-4-9(10)13(14)15/h2-4,7H,5-6H2,1H3. The molecule has 1 aromatic rings. The van der Waals surface area contributed by atoms with E-state index in [1.807, 2.05) is 6.92 Å². The van der Waals surface area contributed by atoms with Gasteiger partial charge in [0.25, 0.3) is 0 Å². The molecule has 4 nitrogen and oxygen atoms in total. The number of hydrogen-bond donors (Lipinski definition) is 0. The first kappa shape index (κ1) is 12.9. The fourth-order valence-electron chi connectivity index (χ4n) is 1.05. The summed E-state index contributed by atoms with van der Waals surface area (Å²) < 4.78 is 18.5. The number of rotatable bonds is 5. The van der Waals surface area contributed by atoms with Gasteiger partial charge in [-0.15, -0.1) is 0 Å². The number of benzene rings is 1. The number of para-hydroxylation sites is 1. The minimum atomic E-state index is -0.712. The van der Waals surface area contributed by atoms with E-state index >= 15 is 0 Å². The van der Waals surface area contributed by atoms with Crippen LogP contribution in [0.25, 0.3) is 0 Å². The van der Waals surface area contributed by atoms with Crippen LogP contribution >= 0.6 is 15.9 Å². The maximum Gasteiger partial charge on any atom is 0.314 e. The van der Waals surface area contributed by atoms with Crippen molar-refractivity contribution in [3.8, 4) is 5.75 Å². The summed E-state index contributed by atoms with van der Waals surface area (Å²) in [6, 6.07) is 3.65. The Morgan fingerprint density at radius 3 is 2.88 bits per heavy atom. The molecule has 0 saturated carbocycles. The number of nitro groups is 1. The lowest BCUT2D eigenvalue weighted by Gasteiger charge is -2.10. The van der Waals surface area contributed by atoms with Gasteiger partial charge in [0.15, 0.2) is 5.82 Å². The maximum absolute atomic E-state index is 13.3. The average Bonchev–Trinajstić information content (AvgIpc) is 2.26. The van der Waals surface area contributed by atoms with Gasteiger partial charge in [0, 0.05) is 11.4 Å². The van der Waals surface area contributed by atoms with Crippen molar-refractivity contribution in [2.75, 3.05) is 11.9 Å². The number of nitrogens with zero attached hydrogens (tertiary/aromatic N) is 1. The summed E-state index contributed by atoms with van der Waals surface area (Å²) in [5, 5.41) is 11.3. The van der Waals surface area contributed by atoms with E-state index in [1.165, 1.54) is 12.1 Å². The number of halogens is 2. The van der Waals surface area contributed by atoms with Crippen molar-refractivity contribution in [2.45, 2.75) is 6.92 Å². The van der Waals surface area contributed by atoms with Crippen LogP contribution < -0.4 is 4.74 Å². The Morgan fingerprint density at radius 1 is 1.62 bits per heavy atom. The summed E-state index contributed by atoms with van der Waals surface area (Å²) >= 11 is 3.25. The minimum absolute atomic E-state index is 0.152. The summed E-state index contributed by atoms with van der Waals surface area (Å²) in [5.41, 5.74) is -0.346. The van der Waals surface area contributed by atoms with Crippen LogP contribution in [0.4, 0.5) is 10.1 Å². The molecule has 0 aromatic heterocycles. The Balaban J connectivity index is 2.88. The molecule has 0 heterocycles. The molecule has 16 heavy (non-hydrogen) atoms. The van der Waals surface area contributed by atoms with Crippen molar-refractivity contribution in [3.05, 3.63) is 34.1 Å². The zero-order chi connectivity index (χ0) is 12.1. The van der Waals surface area contributed by atoms with Crippen LogP contribution in [0.5, 0.6) is 5.75 Å². The van der Waals surface area contributed by atoms with Crippen molar-refractivity contribution < 1.29 is 14.1 Å². The molecule has 1 aromatic carbocycles. The lowest BCUT2D eigenvalue weighted by Crippen LogP contribution is -2.11. The smallest absolute Gasteiger partial charge is 0.314 e. The first-order chi connectivity index (χ1) is 7.56. The summed E-state index contributed by atoms with van der Waals surface area (Å²) in [5.74, 6) is -0.851. The predicted molar refractivity (Wildman–Crippen MR) is 61.5 cm³/mol. The zero-order valence-electron chi connectivity index (χ0n) is 8.65. The molecule has 0 amide bonds. The fourth-order valence-corrected chi connectivity index (χ4v) is 1.24. The average molecular weight is 292 g/mol. The molecule has 0 aliphatic heterocycles.